The molecular weight excluding hydrogens is 492 g/mol. The van der Waals surface area contributed by atoms with Crippen LogP contribution in [0.4, 0.5) is 10.3 Å². The van der Waals surface area contributed by atoms with E-state index in [0.717, 1.165) is 18.4 Å². The van der Waals surface area contributed by atoms with Gasteiger partial charge in [0, 0.05) is 24.4 Å². The lowest BCUT2D eigenvalue weighted by Crippen LogP contribution is -2.28. The van der Waals surface area contributed by atoms with Gasteiger partial charge in [0.05, 0.1) is 6.04 Å². The van der Waals surface area contributed by atoms with E-state index in [9.17, 15) is 14.0 Å². The molecule has 154 valence electrons. The molecule has 0 radical (unpaired) electrons. The first-order valence-corrected chi connectivity index (χ1v) is 10.2. The van der Waals surface area contributed by atoms with Gasteiger partial charge in [-0.2, -0.15) is 0 Å². The Kier molecular flexibility index (Phi) is 6.60. The van der Waals surface area contributed by atoms with Crippen LogP contribution in [0.3, 0.4) is 0 Å². The molecule has 2 atom stereocenters. The lowest BCUT2D eigenvalue weighted by Gasteiger charge is -2.16. The van der Waals surface area contributed by atoms with Gasteiger partial charge in [0.2, 0.25) is 17.7 Å². The summed E-state index contributed by atoms with van der Waals surface area (Å²) in [5.41, 5.74) is 0.898. The van der Waals surface area contributed by atoms with Crippen LogP contribution in [0.25, 0.3) is 0 Å². The summed E-state index contributed by atoms with van der Waals surface area (Å²) in [5, 5.41) is 5.44. The molecule has 2 aromatic heterocycles. The maximum absolute atomic E-state index is 13.5. The Labute approximate surface area is 181 Å². The molecule has 1 saturated carbocycles. The zero-order valence-corrected chi connectivity index (χ0v) is 18.1. The molecule has 0 aliphatic heterocycles. The number of carbonyl (C=O) groups excluding carboxylic acids is 2. The second-order valence-electron chi connectivity index (χ2n) is 7.01. The number of amides is 2. The van der Waals surface area contributed by atoms with E-state index in [2.05, 4.69) is 25.6 Å². The fourth-order valence-electron chi connectivity index (χ4n) is 2.39. The Morgan fingerprint density at radius 3 is 2.72 bits per heavy atom. The van der Waals surface area contributed by atoms with E-state index < -0.39 is 9.58 Å². The number of halogens is 2. The highest BCUT2D eigenvalue weighted by Gasteiger charge is 2.30. The van der Waals surface area contributed by atoms with Gasteiger partial charge in [0.1, 0.15) is 12.3 Å². The third kappa shape index (κ3) is 6.58. The summed E-state index contributed by atoms with van der Waals surface area (Å²) in [6.07, 6.45) is 4.72. The third-order valence-corrected chi connectivity index (χ3v) is 4.46. The summed E-state index contributed by atoms with van der Waals surface area (Å²) < 4.78 is 17.3. The third-order valence-electron chi connectivity index (χ3n) is 4.15. The van der Waals surface area contributed by atoms with Crippen LogP contribution in [0.5, 0.6) is 5.88 Å². The number of hydrogen-bond acceptors (Lipinski definition) is 6. The summed E-state index contributed by atoms with van der Waals surface area (Å²) in [6, 6.07) is 4.50. The molecule has 1 aliphatic carbocycles. The SMILES string of the molecule is CC(NC(=O)c1ccnc(NC(=O)C2CC2)n1)c1ccc(OCC(C)(F)I)nc1. The van der Waals surface area contributed by atoms with Crippen molar-refractivity contribution in [1.82, 2.24) is 20.3 Å². The van der Waals surface area contributed by atoms with E-state index in [1.807, 2.05) is 0 Å². The molecule has 3 rings (SSSR count). The molecule has 0 spiro atoms. The number of hydrogen-bond donors (Lipinski definition) is 2. The lowest BCUT2D eigenvalue weighted by atomic mass is 10.1. The van der Waals surface area contributed by atoms with Gasteiger partial charge in [-0.3, -0.25) is 14.9 Å². The minimum atomic E-state index is -1.48. The predicted octanol–water partition coefficient (Wildman–Crippen LogP) is 3.21. The molecule has 0 saturated heterocycles. The molecule has 1 aliphatic rings. The fraction of sp³-hybridized carbons (Fsp3) is 0.421. The van der Waals surface area contributed by atoms with Gasteiger partial charge in [-0.15, -0.1) is 0 Å². The van der Waals surface area contributed by atoms with E-state index >= 15 is 0 Å². The average molecular weight is 513 g/mol. The Balaban J connectivity index is 1.57. The molecule has 2 amide bonds. The van der Waals surface area contributed by atoms with E-state index in [-0.39, 0.29) is 36.1 Å². The maximum atomic E-state index is 13.5. The van der Waals surface area contributed by atoms with E-state index in [4.69, 9.17) is 4.74 Å². The highest BCUT2D eigenvalue weighted by atomic mass is 127. The van der Waals surface area contributed by atoms with Crippen LogP contribution < -0.4 is 15.4 Å². The number of pyridine rings is 1. The topological polar surface area (TPSA) is 106 Å². The summed E-state index contributed by atoms with van der Waals surface area (Å²) in [7, 11) is 0. The van der Waals surface area contributed by atoms with Crippen molar-refractivity contribution in [3.8, 4) is 5.88 Å². The highest BCUT2D eigenvalue weighted by molar-refractivity contribution is 14.1. The number of rotatable bonds is 8. The van der Waals surface area contributed by atoms with Crippen LogP contribution in [-0.2, 0) is 4.79 Å². The number of anilines is 1. The molecule has 0 bridgehead atoms. The first kappa shape index (κ1) is 21.3. The first-order chi connectivity index (χ1) is 13.7. The number of ether oxygens (including phenoxy) is 1. The average Bonchev–Trinajstić information content (AvgIpc) is 3.52. The second kappa shape index (κ2) is 8.97. The summed E-state index contributed by atoms with van der Waals surface area (Å²) >= 11 is 1.65. The van der Waals surface area contributed by atoms with Gasteiger partial charge >= 0.3 is 0 Å². The van der Waals surface area contributed by atoms with E-state index in [0.29, 0.717) is 5.88 Å². The molecule has 1 fully saturated rings. The Bertz CT molecular complexity index is 884. The number of carbonyl (C=O) groups is 2. The molecule has 0 aromatic carbocycles. The van der Waals surface area contributed by atoms with Crippen molar-refractivity contribution in [3.63, 3.8) is 0 Å². The quantitative estimate of drug-likeness (QED) is 0.415. The van der Waals surface area contributed by atoms with Crippen molar-refractivity contribution in [2.45, 2.75) is 36.4 Å². The Morgan fingerprint density at radius 2 is 2.10 bits per heavy atom. The van der Waals surface area contributed by atoms with Crippen LogP contribution in [0.2, 0.25) is 0 Å². The number of aromatic nitrogens is 3. The molecule has 2 aromatic rings. The molecule has 8 nitrogen and oxygen atoms in total. The summed E-state index contributed by atoms with van der Waals surface area (Å²) in [6.45, 7) is 3.10. The summed E-state index contributed by atoms with van der Waals surface area (Å²) in [4.78, 5) is 36.5. The standard InChI is InChI=1S/C19H21FIN5O3/c1-11(13-5-6-15(23-9-13)29-10-19(2,20)21)24-17(28)14-7-8-22-18(25-14)26-16(27)12-3-4-12/h5-9,11-12H,3-4,10H2,1-2H3,(H,24,28)(H,22,25,26,27). The minimum Gasteiger partial charge on any atom is -0.473 e. The molecule has 10 heteroatoms. The largest absolute Gasteiger partial charge is 0.473 e. The monoisotopic (exact) mass is 513 g/mol. The van der Waals surface area contributed by atoms with Gasteiger partial charge in [0.25, 0.3) is 5.91 Å². The normalized spacial score (nSPS) is 16.4. The van der Waals surface area contributed by atoms with Crippen molar-refractivity contribution in [2.75, 3.05) is 11.9 Å². The molecule has 2 unspecified atom stereocenters. The molecule has 2 N–H and O–H groups in total. The molecule has 29 heavy (non-hydrogen) atoms. The van der Waals surface area contributed by atoms with Crippen molar-refractivity contribution >= 4 is 40.4 Å². The van der Waals surface area contributed by atoms with Crippen molar-refractivity contribution in [1.29, 1.82) is 0 Å². The van der Waals surface area contributed by atoms with Crippen molar-refractivity contribution in [3.05, 3.63) is 41.9 Å². The van der Waals surface area contributed by atoms with Crippen molar-refractivity contribution in [2.24, 2.45) is 5.92 Å². The van der Waals surface area contributed by atoms with Gasteiger partial charge in [-0.1, -0.05) is 6.07 Å². The lowest BCUT2D eigenvalue weighted by molar-refractivity contribution is -0.117. The smallest absolute Gasteiger partial charge is 0.270 e. The zero-order chi connectivity index (χ0) is 21.0. The first-order valence-electron chi connectivity index (χ1n) is 9.12. The number of nitrogens with zero attached hydrogens (tertiary/aromatic N) is 3. The highest BCUT2D eigenvalue weighted by Crippen LogP contribution is 2.29. The second-order valence-corrected chi connectivity index (χ2v) is 9.26. The van der Waals surface area contributed by atoms with Crippen LogP contribution >= 0.6 is 22.6 Å². The van der Waals surface area contributed by atoms with Gasteiger partial charge in [-0.25, -0.2) is 19.3 Å². The van der Waals surface area contributed by atoms with Crippen LogP contribution in [0.15, 0.2) is 30.6 Å². The van der Waals surface area contributed by atoms with Gasteiger partial charge < -0.3 is 10.1 Å². The van der Waals surface area contributed by atoms with Gasteiger partial charge in [0.15, 0.2) is 3.68 Å². The molecule has 2 heterocycles. The van der Waals surface area contributed by atoms with Crippen LogP contribution in [0.1, 0.15) is 48.8 Å². The van der Waals surface area contributed by atoms with E-state index in [1.54, 1.807) is 47.8 Å². The Hall–Kier alpha value is -2.37. The maximum Gasteiger partial charge on any atom is 0.270 e. The van der Waals surface area contributed by atoms with Crippen LogP contribution in [-0.4, -0.2) is 37.0 Å². The zero-order valence-electron chi connectivity index (χ0n) is 16.0. The predicted molar refractivity (Wildman–Crippen MR) is 113 cm³/mol. The summed E-state index contributed by atoms with van der Waals surface area (Å²) in [5.74, 6) is -0.0912. The van der Waals surface area contributed by atoms with E-state index in [1.165, 1.54) is 19.2 Å². The van der Waals surface area contributed by atoms with Crippen molar-refractivity contribution < 1.29 is 18.7 Å². The number of nitrogens with one attached hydrogen (secondary N) is 2. The molecular formula is C19H21FIN5O3. The fourth-order valence-corrected chi connectivity index (χ4v) is 2.55. The Morgan fingerprint density at radius 1 is 1.34 bits per heavy atom. The van der Waals surface area contributed by atoms with Crippen LogP contribution in [0, 0.1) is 5.92 Å². The minimum absolute atomic E-state index is 0.0195. The number of alkyl halides is 2. The van der Waals surface area contributed by atoms with Gasteiger partial charge in [-0.05, 0) is 60.9 Å².